The van der Waals surface area contributed by atoms with Gasteiger partial charge in [0.2, 0.25) is 0 Å². The minimum absolute atomic E-state index is 0.200. The van der Waals surface area contributed by atoms with Crippen LogP contribution < -0.4 is 4.72 Å². The second-order valence-electron chi connectivity index (χ2n) is 6.55. The number of hydrogen-bond acceptors (Lipinski definition) is 4. The van der Waals surface area contributed by atoms with Crippen molar-refractivity contribution in [1.82, 2.24) is 9.03 Å². The van der Waals surface area contributed by atoms with Gasteiger partial charge in [0.05, 0.1) is 0 Å². The molecule has 0 fully saturated rings. The molecule has 7 heteroatoms. The van der Waals surface area contributed by atoms with Crippen LogP contribution in [-0.2, 0) is 19.7 Å². The normalized spacial score (nSPS) is 14.5. The summed E-state index contributed by atoms with van der Waals surface area (Å²) in [5, 5.41) is 0. The Kier molecular flexibility index (Phi) is 7.84. The Bertz CT molecular complexity index is 427. The van der Waals surface area contributed by atoms with Crippen LogP contribution in [0.5, 0.6) is 0 Å². The number of carbonyl (C=O) groups excluding carboxylic acids is 1. The predicted octanol–water partition coefficient (Wildman–Crippen LogP) is 1.92. The molecule has 0 saturated heterocycles. The number of carbonyl (C=O) groups is 1. The summed E-state index contributed by atoms with van der Waals surface area (Å²) >= 11 is 0. The van der Waals surface area contributed by atoms with Crippen molar-refractivity contribution in [1.29, 1.82) is 0 Å². The predicted molar refractivity (Wildman–Crippen MR) is 84.1 cm³/mol. The zero-order chi connectivity index (χ0) is 16.8. The monoisotopic (exact) mass is 322 g/mol. The Balaban J connectivity index is 4.96. The van der Waals surface area contributed by atoms with Crippen molar-refractivity contribution in [2.75, 3.05) is 13.6 Å². The molecule has 0 amide bonds. The molecule has 126 valence electrons. The lowest BCUT2D eigenvalue weighted by molar-refractivity contribution is -0.158. The number of nitrogens with one attached hydrogen (secondary N) is 1. The number of hydrogen-bond donors (Lipinski definition) is 1. The molecule has 1 N–H and O–H groups in total. The third-order valence-electron chi connectivity index (χ3n) is 2.84. The lowest BCUT2D eigenvalue weighted by atomic mass is 10.1. The number of ether oxygens (including phenoxy) is 1. The van der Waals surface area contributed by atoms with E-state index in [-0.39, 0.29) is 5.92 Å². The third kappa shape index (κ3) is 7.78. The second-order valence-corrected chi connectivity index (χ2v) is 8.36. The maximum atomic E-state index is 12.2. The van der Waals surface area contributed by atoms with Gasteiger partial charge in [-0.15, -0.1) is 0 Å². The van der Waals surface area contributed by atoms with Crippen LogP contribution in [0.1, 0.15) is 54.4 Å². The largest absolute Gasteiger partial charge is 0.459 e. The average molecular weight is 322 g/mol. The molecule has 0 rings (SSSR count). The molecular weight excluding hydrogens is 292 g/mol. The lowest BCUT2D eigenvalue weighted by Crippen LogP contribution is -2.51. The molecule has 0 aromatic rings. The van der Waals surface area contributed by atoms with E-state index >= 15 is 0 Å². The molecule has 0 unspecified atom stereocenters. The highest BCUT2D eigenvalue weighted by molar-refractivity contribution is 7.87. The van der Waals surface area contributed by atoms with Crippen molar-refractivity contribution < 1.29 is 17.9 Å². The highest BCUT2D eigenvalue weighted by Crippen LogP contribution is 2.13. The van der Waals surface area contributed by atoms with Crippen molar-refractivity contribution in [3.63, 3.8) is 0 Å². The van der Waals surface area contributed by atoms with Gasteiger partial charge in [0, 0.05) is 13.6 Å². The first-order valence-corrected chi connectivity index (χ1v) is 8.81. The average Bonchev–Trinajstić information content (AvgIpc) is 2.30. The van der Waals surface area contributed by atoms with Gasteiger partial charge in [0.1, 0.15) is 11.6 Å². The van der Waals surface area contributed by atoms with Gasteiger partial charge in [-0.05, 0) is 33.1 Å². The second kappa shape index (κ2) is 8.10. The van der Waals surface area contributed by atoms with Crippen molar-refractivity contribution in [3.05, 3.63) is 0 Å². The standard InChI is InChI=1S/C14H30N2O4S/c1-8-9-10-16(7)21(18,19)15-12(11(2)3)13(17)20-14(4,5)6/h11-12,15H,8-10H2,1-7H3/t12-/m0/s1. The number of unbranched alkanes of at least 4 members (excludes halogenated alkanes) is 1. The zero-order valence-corrected chi connectivity index (χ0v) is 15.1. The van der Waals surface area contributed by atoms with Gasteiger partial charge in [-0.25, -0.2) is 0 Å². The molecular formula is C14H30N2O4S. The zero-order valence-electron chi connectivity index (χ0n) is 14.3. The highest BCUT2D eigenvalue weighted by atomic mass is 32.2. The summed E-state index contributed by atoms with van der Waals surface area (Å²) in [4.78, 5) is 12.1. The van der Waals surface area contributed by atoms with Crippen LogP contribution in [0, 0.1) is 5.92 Å². The number of esters is 1. The van der Waals surface area contributed by atoms with E-state index in [1.165, 1.54) is 11.4 Å². The van der Waals surface area contributed by atoms with E-state index in [2.05, 4.69) is 4.72 Å². The van der Waals surface area contributed by atoms with E-state index in [9.17, 15) is 13.2 Å². The fourth-order valence-corrected chi connectivity index (χ4v) is 2.81. The number of nitrogens with zero attached hydrogens (tertiary/aromatic N) is 1. The molecule has 0 aliphatic rings. The molecule has 0 radical (unpaired) electrons. The van der Waals surface area contributed by atoms with Gasteiger partial charge in [-0.3, -0.25) is 4.79 Å². The van der Waals surface area contributed by atoms with Crippen molar-refractivity contribution >= 4 is 16.2 Å². The minimum atomic E-state index is -3.69. The third-order valence-corrected chi connectivity index (χ3v) is 4.40. The molecule has 0 saturated carbocycles. The minimum Gasteiger partial charge on any atom is -0.459 e. The Morgan fingerprint density at radius 1 is 1.29 bits per heavy atom. The van der Waals surface area contributed by atoms with E-state index in [1.807, 2.05) is 6.92 Å². The molecule has 21 heavy (non-hydrogen) atoms. The molecule has 0 spiro atoms. The maximum absolute atomic E-state index is 12.2. The van der Waals surface area contributed by atoms with E-state index in [1.54, 1.807) is 34.6 Å². The summed E-state index contributed by atoms with van der Waals surface area (Å²) < 4.78 is 33.4. The summed E-state index contributed by atoms with van der Waals surface area (Å²) in [7, 11) is -2.19. The van der Waals surface area contributed by atoms with Gasteiger partial charge in [0.25, 0.3) is 10.2 Å². The van der Waals surface area contributed by atoms with Crippen LogP contribution >= 0.6 is 0 Å². The molecule has 0 heterocycles. The maximum Gasteiger partial charge on any atom is 0.325 e. The van der Waals surface area contributed by atoms with Crippen LogP contribution in [-0.4, -0.2) is 43.9 Å². The van der Waals surface area contributed by atoms with Gasteiger partial charge in [-0.1, -0.05) is 27.2 Å². The van der Waals surface area contributed by atoms with Crippen molar-refractivity contribution in [2.24, 2.45) is 5.92 Å². The van der Waals surface area contributed by atoms with Gasteiger partial charge < -0.3 is 4.74 Å². The first kappa shape index (κ1) is 20.3. The van der Waals surface area contributed by atoms with Gasteiger partial charge in [0.15, 0.2) is 0 Å². The van der Waals surface area contributed by atoms with Gasteiger partial charge >= 0.3 is 5.97 Å². The summed E-state index contributed by atoms with van der Waals surface area (Å²) in [6, 6.07) is -0.890. The fourth-order valence-electron chi connectivity index (χ4n) is 1.57. The number of rotatable bonds is 8. The Labute approximate surface area is 129 Å². The summed E-state index contributed by atoms with van der Waals surface area (Å²) in [6.45, 7) is 11.2. The van der Waals surface area contributed by atoms with Crippen LogP contribution in [0.15, 0.2) is 0 Å². The smallest absolute Gasteiger partial charge is 0.325 e. The summed E-state index contributed by atoms with van der Waals surface area (Å²) in [5.41, 5.74) is -0.649. The van der Waals surface area contributed by atoms with Gasteiger partial charge in [-0.2, -0.15) is 17.4 Å². The van der Waals surface area contributed by atoms with Crippen LogP contribution in [0.25, 0.3) is 0 Å². The Hall–Kier alpha value is -0.660. The fraction of sp³-hybridized carbons (Fsp3) is 0.929. The Morgan fingerprint density at radius 3 is 2.19 bits per heavy atom. The molecule has 0 aromatic heterocycles. The van der Waals surface area contributed by atoms with Crippen molar-refractivity contribution in [2.45, 2.75) is 66.0 Å². The van der Waals surface area contributed by atoms with Crippen LogP contribution in [0.3, 0.4) is 0 Å². The molecule has 0 aliphatic carbocycles. The SMILES string of the molecule is CCCCN(C)S(=O)(=O)N[C@H](C(=O)OC(C)(C)C)C(C)C. The van der Waals surface area contributed by atoms with Crippen LogP contribution in [0.2, 0.25) is 0 Å². The van der Waals surface area contributed by atoms with E-state index in [0.29, 0.717) is 6.54 Å². The molecule has 0 aromatic carbocycles. The summed E-state index contributed by atoms with van der Waals surface area (Å²) in [6.07, 6.45) is 1.68. The van der Waals surface area contributed by atoms with E-state index in [0.717, 1.165) is 12.8 Å². The highest BCUT2D eigenvalue weighted by Gasteiger charge is 2.32. The first-order chi connectivity index (χ1) is 9.40. The molecule has 6 nitrogen and oxygen atoms in total. The lowest BCUT2D eigenvalue weighted by Gasteiger charge is -2.28. The van der Waals surface area contributed by atoms with Crippen LogP contribution in [0.4, 0.5) is 0 Å². The molecule has 0 aliphatic heterocycles. The van der Waals surface area contributed by atoms with Crippen molar-refractivity contribution in [3.8, 4) is 0 Å². The first-order valence-electron chi connectivity index (χ1n) is 7.37. The quantitative estimate of drug-likeness (QED) is 0.693. The molecule has 0 bridgehead atoms. The topological polar surface area (TPSA) is 75.7 Å². The summed E-state index contributed by atoms with van der Waals surface area (Å²) in [5.74, 6) is -0.751. The Morgan fingerprint density at radius 2 is 1.81 bits per heavy atom. The molecule has 1 atom stereocenters. The van der Waals surface area contributed by atoms with E-state index < -0.39 is 27.8 Å². The van der Waals surface area contributed by atoms with E-state index in [4.69, 9.17) is 4.74 Å².